The maximum Gasteiger partial charge on any atom is 0.258 e. The van der Waals surface area contributed by atoms with Gasteiger partial charge in [0.25, 0.3) is 5.91 Å². The van der Waals surface area contributed by atoms with Gasteiger partial charge in [-0.05, 0) is 48.4 Å². The number of amides is 1. The molecular formula is C23H22N2O3. The molecule has 0 saturated heterocycles. The third kappa shape index (κ3) is 4.60. The Morgan fingerprint density at radius 2 is 1.82 bits per heavy atom. The van der Waals surface area contributed by atoms with Gasteiger partial charge in [0.1, 0.15) is 0 Å². The van der Waals surface area contributed by atoms with E-state index in [-0.39, 0.29) is 18.6 Å². The van der Waals surface area contributed by atoms with Crippen LogP contribution in [0.1, 0.15) is 31.0 Å². The number of nitrogens with zero attached hydrogens (tertiary/aromatic N) is 1. The third-order valence-corrected chi connectivity index (χ3v) is 4.38. The van der Waals surface area contributed by atoms with E-state index in [1.165, 1.54) is 0 Å². The molecule has 0 aromatic heterocycles. The fourth-order valence-corrected chi connectivity index (χ4v) is 2.95. The number of carbonyl (C=O) groups excluding carboxylic acids is 1. The molecule has 1 amide bonds. The topological polar surface area (TPSA) is 71.3 Å². The highest BCUT2D eigenvalue weighted by Crippen LogP contribution is 2.28. The van der Waals surface area contributed by atoms with E-state index in [4.69, 9.17) is 14.7 Å². The molecule has 0 fully saturated rings. The van der Waals surface area contributed by atoms with Gasteiger partial charge in [-0.3, -0.25) is 4.79 Å². The number of nitriles is 1. The number of benzene rings is 3. The molecule has 0 aliphatic heterocycles. The van der Waals surface area contributed by atoms with E-state index in [0.717, 1.165) is 16.3 Å². The molecule has 5 heteroatoms. The van der Waals surface area contributed by atoms with Crippen molar-refractivity contribution < 1.29 is 14.3 Å². The summed E-state index contributed by atoms with van der Waals surface area (Å²) in [5.74, 6) is 0.666. The number of ether oxygens (including phenoxy) is 2. The second-order valence-corrected chi connectivity index (χ2v) is 6.39. The van der Waals surface area contributed by atoms with E-state index in [2.05, 4.69) is 35.7 Å². The predicted octanol–water partition coefficient (Wildman–Crippen LogP) is 4.37. The summed E-state index contributed by atoms with van der Waals surface area (Å²) < 4.78 is 11.1. The number of hydrogen-bond donors (Lipinski definition) is 1. The maximum absolute atomic E-state index is 12.3. The molecule has 1 N–H and O–H groups in total. The molecule has 3 rings (SSSR count). The van der Waals surface area contributed by atoms with Crippen molar-refractivity contribution >= 4 is 16.7 Å². The SMILES string of the molecule is CCOc1cc(C#N)ccc1OCC(=O)NC(C)c1ccc2ccccc2c1. The lowest BCUT2D eigenvalue weighted by molar-refractivity contribution is -0.123. The molecule has 0 radical (unpaired) electrons. The quantitative estimate of drug-likeness (QED) is 0.667. The predicted molar refractivity (Wildman–Crippen MR) is 108 cm³/mol. The highest BCUT2D eigenvalue weighted by Gasteiger charge is 2.13. The van der Waals surface area contributed by atoms with Gasteiger partial charge in [0, 0.05) is 6.07 Å². The van der Waals surface area contributed by atoms with Crippen molar-refractivity contribution in [1.29, 1.82) is 5.26 Å². The van der Waals surface area contributed by atoms with Crippen molar-refractivity contribution in [3.8, 4) is 17.6 Å². The molecule has 0 aliphatic rings. The Balaban J connectivity index is 1.63. The van der Waals surface area contributed by atoms with Crippen molar-refractivity contribution in [3.05, 3.63) is 71.8 Å². The zero-order chi connectivity index (χ0) is 19.9. The highest BCUT2D eigenvalue weighted by atomic mass is 16.5. The molecule has 5 nitrogen and oxygen atoms in total. The van der Waals surface area contributed by atoms with Gasteiger partial charge in [-0.15, -0.1) is 0 Å². The van der Waals surface area contributed by atoms with Crippen molar-refractivity contribution in [2.75, 3.05) is 13.2 Å². The van der Waals surface area contributed by atoms with Crippen molar-refractivity contribution in [3.63, 3.8) is 0 Å². The van der Waals surface area contributed by atoms with Crippen LogP contribution in [0.25, 0.3) is 10.8 Å². The number of hydrogen-bond acceptors (Lipinski definition) is 4. The van der Waals surface area contributed by atoms with E-state index in [1.54, 1.807) is 18.2 Å². The molecule has 1 unspecified atom stereocenters. The first-order chi connectivity index (χ1) is 13.6. The van der Waals surface area contributed by atoms with Gasteiger partial charge in [-0.2, -0.15) is 5.26 Å². The van der Waals surface area contributed by atoms with Crippen LogP contribution in [-0.4, -0.2) is 19.1 Å². The second kappa shape index (κ2) is 8.92. The number of fused-ring (bicyclic) bond motifs is 1. The number of nitrogens with one attached hydrogen (secondary N) is 1. The van der Waals surface area contributed by atoms with Gasteiger partial charge in [-0.1, -0.05) is 36.4 Å². The Labute approximate surface area is 164 Å². The van der Waals surface area contributed by atoms with E-state index in [9.17, 15) is 4.79 Å². The zero-order valence-corrected chi connectivity index (χ0v) is 15.9. The lowest BCUT2D eigenvalue weighted by atomic mass is 10.0. The van der Waals surface area contributed by atoms with Crippen LogP contribution in [0.5, 0.6) is 11.5 Å². The Bertz CT molecular complexity index is 1020. The number of rotatable bonds is 7. The normalized spacial score (nSPS) is 11.5. The van der Waals surface area contributed by atoms with Crippen LogP contribution >= 0.6 is 0 Å². The van der Waals surface area contributed by atoms with Gasteiger partial charge >= 0.3 is 0 Å². The second-order valence-electron chi connectivity index (χ2n) is 6.39. The molecule has 0 aliphatic carbocycles. The fraction of sp³-hybridized carbons (Fsp3) is 0.217. The van der Waals surface area contributed by atoms with Gasteiger partial charge in [-0.25, -0.2) is 0 Å². The van der Waals surface area contributed by atoms with Crippen molar-refractivity contribution in [2.45, 2.75) is 19.9 Å². The summed E-state index contributed by atoms with van der Waals surface area (Å²) in [6.07, 6.45) is 0. The Hall–Kier alpha value is -3.52. The average molecular weight is 374 g/mol. The summed E-state index contributed by atoms with van der Waals surface area (Å²) in [6.45, 7) is 4.09. The van der Waals surface area contributed by atoms with E-state index < -0.39 is 0 Å². The molecule has 1 atom stereocenters. The maximum atomic E-state index is 12.3. The highest BCUT2D eigenvalue weighted by molar-refractivity contribution is 5.83. The molecule has 3 aromatic rings. The van der Waals surface area contributed by atoms with Gasteiger partial charge in [0.15, 0.2) is 18.1 Å². The van der Waals surface area contributed by atoms with Crippen LogP contribution in [0.4, 0.5) is 0 Å². The van der Waals surface area contributed by atoms with Gasteiger partial charge < -0.3 is 14.8 Å². The lowest BCUT2D eigenvalue weighted by Gasteiger charge is -2.16. The summed E-state index contributed by atoms with van der Waals surface area (Å²) >= 11 is 0. The van der Waals surface area contributed by atoms with E-state index in [0.29, 0.717) is 23.7 Å². The average Bonchev–Trinajstić information content (AvgIpc) is 2.72. The summed E-state index contributed by atoms with van der Waals surface area (Å²) in [6, 6.07) is 21.1. The fourth-order valence-electron chi connectivity index (χ4n) is 2.95. The summed E-state index contributed by atoms with van der Waals surface area (Å²) in [4.78, 5) is 12.3. The standard InChI is InChI=1S/C23H22N2O3/c1-3-27-22-12-17(14-24)8-11-21(22)28-15-23(26)25-16(2)19-10-9-18-6-4-5-7-20(18)13-19/h4-13,16H,3,15H2,1-2H3,(H,25,26). The van der Waals surface area contributed by atoms with Crippen LogP contribution in [0, 0.1) is 11.3 Å². The first kappa shape index (κ1) is 19.2. The minimum Gasteiger partial charge on any atom is -0.490 e. The Morgan fingerprint density at radius 3 is 2.57 bits per heavy atom. The van der Waals surface area contributed by atoms with Crippen LogP contribution in [0.3, 0.4) is 0 Å². The summed E-state index contributed by atoms with van der Waals surface area (Å²) in [7, 11) is 0. The van der Waals surface area contributed by atoms with Crippen LogP contribution < -0.4 is 14.8 Å². The van der Waals surface area contributed by atoms with Crippen molar-refractivity contribution in [1.82, 2.24) is 5.32 Å². The molecule has 142 valence electrons. The monoisotopic (exact) mass is 374 g/mol. The molecule has 3 aromatic carbocycles. The lowest BCUT2D eigenvalue weighted by Crippen LogP contribution is -2.31. The molecule has 0 bridgehead atoms. The minimum absolute atomic E-state index is 0.135. The van der Waals surface area contributed by atoms with Crippen LogP contribution in [-0.2, 0) is 4.79 Å². The first-order valence-corrected chi connectivity index (χ1v) is 9.18. The largest absolute Gasteiger partial charge is 0.490 e. The molecule has 0 heterocycles. The molecule has 28 heavy (non-hydrogen) atoms. The van der Waals surface area contributed by atoms with Gasteiger partial charge in [0.05, 0.1) is 24.3 Å². The number of carbonyl (C=O) groups is 1. The van der Waals surface area contributed by atoms with Crippen molar-refractivity contribution in [2.24, 2.45) is 0 Å². The van der Waals surface area contributed by atoms with E-state index >= 15 is 0 Å². The molecular weight excluding hydrogens is 352 g/mol. The zero-order valence-electron chi connectivity index (χ0n) is 15.9. The summed E-state index contributed by atoms with van der Waals surface area (Å²) in [5, 5.41) is 14.2. The molecule has 0 spiro atoms. The summed E-state index contributed by atoms with van der Waals surface area (Å²) in [5.41, 5.74) is 1.51. The van der Waals surface area contributed by atoms with Gasteiger partial charge in [0.2, 0.25) is 0 Å². The Morgan fingerprint density at radius 1 is 1.04 bits per heavy atom. The molecule has 0 saturated carbocycles. The van der Waals surface area contributed by atoms with Crippen LogP contribution in [0.2, 0.25) is 0 Å². The smallest absolute Gasteiger partial charge is 0.258 e. The Kier molecular flexibility index (Phi) is 6.13. The van der Waals surface area contributed by atoms with Crippen LogP contribution in [0.15, 0.2) is 60.7 Å². The van der Waals surface area contributed by atoms with E-state index in [1.807, 2.05) is 32.0 Å². The third-order valence-electron chi connectivity index (χ3n) is 4.38. The minimum atomic E-state index is -0.229. The first-order valence-electron chi connectivity index (χ1n) is 9.18.